The Morgan fingerprint density at radius 1 is 1.47 bits per heavy atom. The molecule has 0 atom stereocenters. The van der Waals surface area contributed by atoms with Crippen molar-refractivity contribution < 1.29 is 4.39 Å². The van der Waals surface area contributed by atoms with Gasteiger partial charge < -0.3 is 0 Å². The van der Waals surface area contributed by atoms with Crippen molar-refractivity contribution in [3.63, 3.8) is 0 Å². The van der Waals surface area contributed by atoms with Gasteiger partial charge in [-0.25, -0.2) is 9.49 Å². The normalized spacial score (nSPS) is 10.5. The van der Waals surface area contributed by atoms with E-state index in [2.05, 4.69) is 16.8 Å². The molecule has 2 aromatic rings. The summed E-state index contributed by atoms with van der Waals surface area (Å²) in [5.74, 6) is -0.391. The van der Waals surface area contributed by atoms with Gasteiger partial charge in [-0.3, -0.25) is 4.79 Å². The Balaban J connectivity index is 2.96. The molecule has 0 aliphatic carbocycles. The van der Waals surface area contributed by atoms with Crippen molar-refractivity contribution in [1.29, 1.82) is 0 Å². The van der Waals surface area contributed by atoms with E-state index in [0.29, 0.717) is 22.0 Å². The number of rotatable bonds is 1. The Morgan fingerprint density at radius 3 is 2.87 bits per heavy atom. The van der Waals surface area contributed by atoms with Crippen LogP contribution in [0.5, 0.6) is 0 Å². The number of hydrogen-bond acceptors (Lipinski definition) is 2. The molecule has 1 aromatic heterocycles. The molecule has 0 unspecified atom stereocenters. The number of hydrogen-bond donors (Lipinski definition) is 1. The number of allylic oxidation sites excluding steroid dienone is 1. The molecule has 0 amide bonds. The van der Waals surface area contributed by atoms with Crippen LogP contribution in [0.1, 0.15) is 12.6 Å². The second kappa shape index (κ2) is 3.31. The van der Waals surface area contributed by atoms with Crippen molar-refractivity contribution in [3.05, 3.63) is 46.6 Å². The van der Waals surface area contributed by atoms with Crippen molar-refractivity contribution in [1.82, 2.24) is 10.2 Å². The highest BCUT2D eigenvalue weighted by Gasteiger charge is 2.07. The Hall–Kier alpha value is -1.97. The smallest absolute Gasteiger partial charge is 0.267 e. The number of aromatic nitrogens is 2. The van der Waals surface area contributed by atoms with Gasteiger partial charge in [-0.1, -0.05) is 6.58 Å². The zero-order valence-corrected chi connectivity index (χ0v) is 8.17. The van der Waals surface area contributed by atoms with Gasteiger partial charge in [-0.15, -0.1) is 0 Å². The van der Waals surface area contributed by atoms with Crippen LogP contribution in [0, 0.1) is 5.82 Å². The number of H-pyrrole nitrogens is 1. The SMILES string of the molecule is C=C(C)c1n[nH]c(=O)c2ccc(F)cc12. The van der Waals surface area contributed by atoms with E-state index in [0.717, 1.165) is 0 Å². The first kappa shape index (κ1) is 9.58. The van der Waals surface area contributed by atoms with E-state index < -0.39 is 5.82 Å². The van der Waals surface area contributed by atoms with Gasteiger partial charge in [0.25, 0.3) is 5.56 Å². The van der Waals surface area contributed by atoms with E-state index >= 15 is 0 Å². The lowest BCUT2D eigenvalue weighted by Crippen LogP contribution is -2.10. The van der Waals surface area contributed by atoms with Gasteiger partial charge in [-0.05, 0) is 30.7 Å². The van der Waals surface area contributed by atoms with Gasteiger partial charge >= 0.3 is 0 Å². The molecule has 0 radical (unpaired) electrons. The third-order valence-corrected chi connectivity index (χ3v) is 2.15. The standard InChI is InChI=1S/C11H9FN2O/c1-6(2)10-9-5-7(12)3-4-8(9)11(15)14-13-10/h3-5H,1H2,2H3,(H,14,15). The van der Waals surface area contributed by atoms with Crippen LogP contribution in [0.25, 0.3) is 16.3 Å². The van der Waals surface area contributed by atoms with E-state index in [1.165, 1.54) is 18.2 Å². The second-order valence-corrected chi connectivity index (χ2v) is 3.37. The molecule has 1 N–H and O–H groups in total. The summed E-state index contributed by atoms with van der Waals surface area (Å²) in [6.07, 6.45) is 0. The minimum absolute atomic E-state index is 0.324. The van der Waals surface area contributed by atoms with Crippen molar-refractivity contribution in [3.8, 4) is 0 Å². The van der Waals surface area contributed by atoms with Crippen molar-refractivity contribution in [2.24, 2.45) is 0 Å². The van der Waals surface area contributed by atoms with Gasteiger partial charge in [0.1, 0.15) is 5.82 Å². The zero-order valence-electron chi connectivity index (χ0n) is 8.17. The van der Waals surface area contributed by atoms with Crippen molar-refractivity contribution in [2.45, 2.75) is 6.92 Å². The molecule has 4 heteroatoms. The molecule has 15 heavy (non-hydrogen) atoms. The summed E-state index contributed by atoms with van der Waals surface area (Å²) < 4.78 is 13.0. The molecule has 2 rings (SSSR count). The molecule has 1 aromatic carbocycles. The maximum absolute atomic E-state index is 13.0. The lowest BCUT2D eigenvalue weighted by Gasteiger charge is -2.03. The van der Waals surface area contributed by atoms with Crippen LogP contribution in [0.2, 0.25) is 0 Å². The Bertz CT molecular complexity index is 601. The van der Waals surface area contributed by atoms with Gasteiger partial charge in [0.15, 0.2) is 0 Å². The molecule has 3 nitrogen and oxygen atoms in total. The fourth-order valence-corrected chi connectivity index (χ4v) is 1.46. The monoisotopic (exact) mass is 204 g/mol. The molecule has 0 saturated heterocycles. The predicted molar refractivity (Wildman–Crippen MR) is 57.0 cm³/mol. The van der Waals surface area contributed by atoms with Crippen LogP contribution < -0.4 is 5.56 Å². The predicted octanol–water partition coefficient (Wildman–Crippen LogP) is 2.10. The number of halogens is 1. The molecular formula is C11H9FN2O. The summed E-state index contributed by atoms with van der Waals surface area (Å²) in [6, 6.07) is 3.99. The number of nitrogens with zero attached hydrogens (tertiary/aromatic N) is 1. The van der Waals surface area contributed by atoms with Crippen LogP contribution in [0.3, 0.4) is 0 Å². The molecule has 76 valence electrons. The Labute approximate surface area is 85.3 Å². The summed E-state index contributed by atoms with van der Waals surface area (Å²) in [5, 5.41) is 7.11. The molecule has 0 aliphatic rings. The lowest BCUT2D eigenvalue weighted by molar-refractivity contribution is 0.629. The topological polar surface area (TPSA) is 45.8 Å². The van der Waals surface area contributed by atoms with Crippen molar-refractivity contribution >= 4 is 16.3 Å². The van der Waals surface area contributed by atoms with Crippen molar-refractivity contribution in [2.75, 3.05) is 0 Å². The van der Waals surface area contributed by atoms with Gasteiger partial charge in [0.2, 0.25) is 0 Å². The molecule has 0 aliphatic heterocycles. The van der Waals surface area contributed by atoms with E-state index in [-0.39, 0.29) is 5.56 Å². The second-order valence-electron chi connectivity index (χ2n) is 3.37. The first-order valence-electron chi connectivity index (χ1n) is 4.43. The number of nitrogens with one attached hydrogen (secondary N) is 1. The summed E-state index contributed by atoms with van der Waals surface area (Å²) in [7, 11) is 0. The van der Waals surface area contributed by atoms with Gasteiger partial charge in [0, 0.05) is 5.39 Å². The molecule has 0 saturated carbocycles. The maximum Gasteiger partial charge on any atom is 0.272 e. The zero-order chi connectivity index (χ0) is 11.0. The Kier molecular flexibility index (Phi) is 2.11. The van der Waals surface area contributed by atoms with Crippen LogP contribution in [0.4, 0.5) is 4.39 Å². The van der Waals surface area contributed by atoms with Gasteiger partial charge in [0.05, 0.1) is 11.1 Å². The molecular weight excluding hydrogens is 195 g/mol. The van der Waals surface area contributed by atoms with E-state index in [4.69, 9.17) is 0 Å². The quantitative estimate of drug-likeness (QED) is 0.773. The molecule has 1 heterocycles. The summed E-state index contributed by atoms with van der Waals surface area (Å²) in [5.41, 5.74) is 0.876. The summed E-state index contributed by atoms with van der Waals surface area (Å²) in [4.78, 5) is 11.4. The molecule has 0 fully saturated rings. The highest BCUT2D eigenvalue weighted by molar-refractivity contribution is 5.90. The van der Waals surface area contributed by atoms with Crippen LogP contribution in [0.15, 0.2) is 29.6 Å². The van der Waals surface area contributed by atoms with E-state index in [9.17, 15) is 9.18 Å². The summed E-state index contributed by atoms with van der Waals surface area (Å²) in [6.45, 7) is 5.48. The van der Waals surface area contributed by atoms with Crippen LogP contribution in [-0.2, 0) is 0 Å². The maximum atomic E-state index is 13.0. The first-order valence-corrected chi connectivity index (χ1v) is 4.43. The largest absolute Gasteiger partial charge is 0.272 e. The highest BCUT2D eigenvalue weighted by Crippen LogP contribution is 2.19. The minimum atomic E-state index is -0.391. The number of aromatic amines is 1. The third kappa shape index (κ3) is 1.54. The fourth-order valence-electron chi connectivity index (χ4n) is 1.46. The highest BCUT2D eigenvalue weighted by atomic mass is 19.1. The summed E-state index contributed by atoms with van der Waals surface area (Å²) >= 11 is 0. The van der Waals surface area contributed by atoms with Crippen LogP contribution in [-0.4, -0.2) is 10.2 Å². The lowest BCUT2D eigenvalue weighted by atomic mass is 10.1. The van der Waals surface area contributed by atoms with Gasteiger partial charge in [-0.2, -0.15) is 5.10 Å². The average molecular weight is 204 g/mol. The molecule has 0 bridgehead atoms. The minimum Gasteiger partial charge on any atom is -0.267 e. The average Bonchev–Trinajstić information content (AvgIpc) is 2.17. The number of fused-ring (bicyclic) bond motifs is 1. The molecule has 0 spiro atoms. The van der Waals surface area contributed by atoms with E-state index in [1.54, 1.807) is 6.92 Å². The number of benzene rings is 1. The van der Waals surface area contributed by atoms with Crippen LogP contribution >= 0.6 is 0 Å². The third-order valence-electron chi connectivity index (χ3n) is 2.15. The first-order chi connectivity index (χ1) is 7.09. The van der Waals surface area contributed by atoms with E-state index in [1.807, 2.05) is 0 Å². The Morgan fingerprint density at radius 2 is 2.20 bits per heavy atom. The fraction of sp³-hybridized carbons (Fsp3) is 0.0909.